The minimum absolute atomic E-state index is 0.0494. The summed E-state index contributed by atoms with van der Waals surface area (Å²) in [5.74, 6) is -0.120. The highest BCUT2D eigenvalue weighted by molar-refractivity contribution is 7.90. The van der Waals surface area contributed by atoms with E-state index in [-0.39, 0.29) is 14.9 Å². The molecule has 0 saturated carbocycles. The number of sulfonamides is 1. The first kappa shape index (κ1) is 20.5. The number of carbonyl (C=O) groups excluding carboxylic acids is 1. The van der Waals surface area contributed by atoms with Gasteiger partial charge < -0.3 is 9.47 Å². The van der Waals surface area contributed by atoms with Crippen molar-refractivity contribution in [2.24, 2.45) is 0 Å². The summed E-state index contributed by atoms with van der Waals surface area (Å²) in [4.78, 5) is 12.6. The van der Waals surface area contributed by atoms with Crippen LogP contribution >= 0.6 is 23.2 Å². The third-order valence-electron chi connectivity index (χ3n) is 4.44. The predicted molar refractivity (Wildman–Crippen MR) is 113 cm³/mol. The fraction of sp³-hybridized carbons (Fsp3) is 0.0952. The van der Waals surface area contributed by atoms with E-state index >= 15 is 0 Å². The number of benzene rings is 3. The van der Waals surface area contributed by atoms with Crippen molar-refractivity contribution in [3.63, 3.8) is 0 Å². The zero-order chi connectivity index (χ0) is 21.3. The molecule has 1 aliphatic rings. The Labute approximate surface area is 183 Å². The molecule has 1 heterocycles. The summed E-state index contributed by atoms with van der Waals surface area (Å²) in [5, 5.41) is 0.246. The Balaban J connectivity index is 1.65. The standard InChI is InChI=1S/C21H15Cl2NO5S/c22-16-10-9-15(12-17(16)23)30(26,27)24-20(25)21-28-18-7-3-1-5-13(18)11-14-6-2-4-8-19(14)29-21/h1-10,12,21H,11H2,(H,24,25). The number of amides is 1. The normalized spacial score (nSPS) is 13.7. The molecule has 0 aromatic heterocycles. The monoisotopic (exact) mass is 463 g/mol. The summed E-state index contributed by atoms with van der Waals surface area (Å²) >= 11 is 11.7. The van der Waals surface area contributed by atoms with Gasteiger partial charge in [0.1, 0.15) is 11.5 Å². The molecule has 0 fully saturated rings. The number of carbonyl (C=O) groups is 1. The Morgan fingerprint density at radius 1 is 0.867 bits per heavy atom. The van der Waals surface area contributed by atoms with Crippen LogP contribution in [-0.4, -0.2) is 20.6 Å². The van der Waals surface area contributed by atoms with E-state index in [1.165, 1.54) is 12.1 Å². The topological polar surface area (TPSA) is 81.7 Å². The zero-order valence-electron chi connectivity index (χ0n) is 15.3. The molecule has 3 aromatic rings. The van der Waals surface area contributed by atoms with Gasteiger partial charge in [0.25, 0.3) is 10.0 Å². The average molecular weight is 464 g/mol. The van der Waals surface area contributed by atoms with E-state index in [0.717, 1.165) is 17.2 Å². The lowest BCUT2D eigenvalue weighted by atomic mass is 10.0. The molecule has 1 aliphatic heterocycles. The number of hydrogen-bond acceptors (Lipinski definition) is 5. The molecule has 0 bridgehead atoms. The van der Waals surface area contributed by atoms with Gasteiger partial charge in [0, 0.05) is 6.42 Å². The van der Waals surface area contributed by atoms with Crippen LogP contribution in [0.1, 0.15) is 11.1 Å². The molecule has 0 unspecified atom stereocenters. The van der Waals surface area contributed by atoms with Gasteiger partial charge in [0.05, 0.1) is 14.9 Å². The second kappa shape index (κ2) is 8.18. The molecule has 9 heteroatoms. The lowest BCUT2D eigenvalue weighted by Gasteiger charge is -2.25. The van der Waals surface area contributed by atoms with Gasteiger partial charge in [-0.05, 0) is 41.5 Å². The Bertz CT molecular complexity index is 1180. The van der Waals surface area contributed by atoms with Gasteiger partial charge in [-0.2, -0.15) is 0 Å². The van der Waals surface area contributed by atoms with Crippen LogP contribution < -0.4 is 14.2 Å². The van der Waals surface area contributed by atoms with Crippen molar-refractivity contribution in [3.8, 4) is 11.5 Å². The van der Waals surface area contributed by atoms with Crippen molar-refractivity contribution >= 4 is 39.1 Å². The molecule has 154 valence electrons. The van der Waals surface area contributed by atoms with Crippen LogP contribution in [0.25, 0.3) is 0 Å². The van der Waals surface area contributed by atoms with Crippen LogP contribution in [0.4, 0.5) is 0 Å². The molecule has 0 radical (unpaired) electrons. The molecule has 1 amide bonds. The molecule has 0 spiro atoms. The van der Waals surface area contributed by atoms with E-state index < -0.39 is 22.2 Å². The summed E-state index contributed by atoms with van der Waals surface area (Å²) < 4.78 is 38.7. The number of hydrogen-bond donors (Lipinski definition) is 1. The smallest absolute Gasteiger partial charge is 0.322 e. The summed E-state index contributed by atoms with van der Waals surface area (Å²) in [6, 6.07) is 18.1. The Morgan fingerprint density at radius 2 is 1.43 bits per heavy atom. The highest BCUT2D eigenvalue weighted by Crippen LogP contribution is 2.31. The first-order chi connectivity index (χ1) is 14.3. The SMILES string of the molecule is O=C(NS(=O)(=O)c1ccc(Cl)c(Cl)c1)C1Oc2ccccc2Cc2ccccc2O1. The van der Waals surface area contributed by atoms with Crippen LogP contribution in [-0.2, 0) is 21.2 Å². The molecule has 4 rings (SSSR count). The molecular weight excluding hydrogens is 449 g/mol. The van der Waals surface area contributed by atoms with Crippen molar-refractivity contribution in [1.82, 2.24) is 4.72 Å². The van der Waals surface area contributed by atoms with Crippen LogP contribution in [0.3, 0.4) is 0 Å². The van der Waals surface area contributed by atoms with Crippen molar-refractivity contribution in [2.75, 3.05) is 0 Å². The van der Waals surface area contributed by atoms with Gasteiger partial charge in [-0.3, -0.25) is 4.79 Å². The van der Waals surface area contributed by atoms with E-state index in [1.54, 1.807) is 24.3 Å². The summed E-state index contributed by atoms with van der Waals surface area (Å²) in [5.41, 5.74) is 1.69. The lowest BCUT2D eigenvalue weighted by molar-refractivity contribution is -0.138. The lowest BCUT2D eigenvalue weighted by Crippen LogP contribution is -2.45. The number of rotatable bonds is 3. The highest BCUT2D eigenvalue weighted by atomic mass is 35.5. The van der Waals surface area contributed by atoms with Gasteiger partial charge in [0.15, 0.2) is 0 Å². The highest BCUT2D eigenvalue weighted by Gasteiger charge is 2.31. The summed E-state index contributed by atoms with van der Waals surface area (Å²) in [6.07, 6.45) is -0.979. The predicted octanol–water partition coefficient (Wildman–Crippen LogP) is 4.19. The van der Waals surface area contributed by atoms with Crippen molar-refractivity contribution < 1.29 is 22.7 Å². The number of halogens is 2. The van der Waals surface area contributed by atoms with Crippen molar-refractivity contribution in [1.29, 1.82) is 0 Å². The molecule has 0 aliphatic carbocycles. The van der Waals surface area contributed by atoms with Crippen molar-refractivity contribution in [2.45, 2.75) is 17.6 Å². The molecule has 0 atom stereocenters. The molecule has 3 aromatic carbocycles. The van der Waals surface area contributed by atoms with Gasteiger partial charge in [-0.15, -0.1) is 0 Å². The largest absolute Gasteiger partial charge is 0.446 e. The second-order valence-corrected chi connectivity index (χ2v) is 9.00. The number of nitrogens with one attached hydrogen (secondary N) is 1. The fourth-order valence-electron chi connectivity index (χ4n) is 2.98. The maximum atomic E-state index is 12.8. The van der Waals surface area contributed by atoms with E-state index in [4.69, 9.17) is 32.7 Å². The zero-order valence-corrected chi connectivity index (χ0v) is 17.7. The van der Waals surface area contributed by atoms with Crippen LogP contribution in [0.2, 0.25) is 10.0 Å². The summed E-state index contributed by atoms with van der Waals surface area (Å²) in [6.45, 7) is 0. The van der Waals surface area contributed by atoms with E-state index in [1.807, 2.05) is 29.0 Å². The van der Waals surface area contributed by atoms with Gasteiger partial charge in [-0.1, -0.05) is 59.6 Å². The Kier molecular flexibility index (Phi) is 5.60. The second-order valence-electron chi connectivity index (χ2n) is 6.51. The number of para-hydroxylation sites is 2. The molecule has 1 N–H and O–H groups in total. The van der Waals surface area contributed by atoms with Gasteiger partial charge in [-0.25, -0.2) is 13.1 Å². The van der Waals surface area contributed by atoms with Gasteiger partial charge in [0.2, 0.25) is 0 Å². The Hall–Kier alpha value is -2.74. The van der Waals surface area contributed by atoms with Crippen LogP contribution in [0, 0.1) is 0 Å². The van der Waals surface area contributed by atoms with E-state index in [2.05, 4.69) is 0 Å². The minimum atomic E-state index is -4.23. The maximum Gasteiger partial charge on any atom is 0.322 e. The first-order valence-corrected chi connectivity index (χ1v) is 11.1. The van der Waals surface area contributed by atoms with E-state index in [9.17, 15) is 13.2 Å². The number of ether oxygens (including phenoxy) is 2. The maximum absolute atomic E-state index is 12.8. The van der Waals surface area contributed by atoms with Gasteiger partial charge >= 0.3 is 12.2 Å². The summed E-state index contributed by atoms with van der Waals surface area (Å²) in [7, 11) is -4.23. The first-order valence-electron chi connectivity index (χ1n) is 8.84. The third kappa shape index (κ3) is 4.23. The Morgan fingerprint density at radius 3 is 2.00 bits per heavy atom. The molecule has 0 saturated heterocycles. The third-order valence-corrected chi connectivity index (χ3v) is 6.53. The van der Waals surface area contributed by atoms with Crippen LogP contribution in [0.15, 0.2) is 71.6 Å². The molecular formula is C21H15Cl2NO5S. The number of fused-ring (bicyclic) bond motifs is 2. The molecule has 6 nitrogen and oxygen atoms in total. The van der Waals surface area contributed by atoms with Crippen molar-refractivity contribution in [3.05, 3.63) is 87.9 Å². The average Bonchev–Trinajstić information content (AvgIpc) is 2.69. The van der Waals surface area contributed by atoms with E-state index in [0.29, 0.717) is 17.9 Å². The molecule has 30 heavy (non-hydrogen) atoms. The minimum Gasteiger partial charge on any atom is -0.446 e. The fourth-order valence-corrected chi connectivity index (χ4v) is 4.34. The van der Waals surface area contributed by atoms with Crippen LogP contribution in [0.5, 0.6) is 11.5 Å². The quantitative estimate of drug-likeness (QED) is 0.629.